The molecule has 4 N–H and O–H groups in total. The van der Waals surface area contributed by atoms with Crippen molar-refractivity contribution in [1.29, 1.82) is 0 Å². The Labute approximate surface area is 221 Å². The van der Waals surface area contributed by atoms with Gasteiger partial charge in [-0.1, -0.05) is 0 Å². The second-order valence-corrected chi connectivity index (χ2v) is 3.48. The molecule has 0 aliphatic carbocycles. The van der Waals surface area contributed by atoms with E-state index < -0.39 is 49.4 Å². The molecule has 0 aliphatic rings. The second kappa shape index (κ2) is 19.2. The van der Waals surface area contributed by atoms with Crippen LogP contribution < -0.4 is 118 Å². The van der Waals surface area contributed by atoms with Crippen LogP contribution in [0.3, 0.4) is 0 Å². The molecule has 13 heteroatoms. The molecule has 0 aromatic rings. The molecule has 0 fully saturated rings. The van der Waals surface area contributed by atoms with E-state index in [4.69, 9.17) is 20.4 Å². The molecule has 1 atom stereocenters. The minimum absolute atomic E-state index is 0. The molecule has 0 radical (unpaired) electrons. The predicted molar refractivity (Wildman–Crippen MR) is 59.6 cm³/mol. The van der Waals surface area contributed by atoms with Crippen molar-refractivity contribution in [1.82, 2.24) is 4.90 Å². The molecular weight excluding hydrogens is 342 g/mol. The summed E-state index contributed by atoms with van der Waals surface area (Å²) in [4.78, 5) is 43.0. The van der Waals surface area contributed by atoms with Gasteiger partial charge in [0.05, 0.1) is 13.1 Å². The van der Waals surface area contributed by atoms with Crippen LogP contribution in [0.25, 0.3) is 0 Å². The fourth-order valence-electron chi connectivity index (χ4n) is 1.35. The topological polar surface area (TPSA) is 152 Å². The van der Waals surface area contributed by atoms with Crippen molar-refractivity contribution in [2.24, 2.45) is 0 Å². The van der Waals surface area contributed by atoms with Crippen LogP contribution in [0.5, 0.6) is 0 Å². The van der Waals surface area contributed by atoms with Gasteiger partial charge in [0.2, 0.25) is 0 Å². The van der Waals surface area contributed by atoms with E-state index in [1.807, 2.05) is 0 Å². The zero-order valence-electron chi connectivity index (χ0n) is 17.3. The number of carbonyl (C=O) groups is 4. The fraction of sp³-hybridized carbons (Fsp3) is 0.556. The third kappa shape index (κ3) is 18.2. The van der Waals surface area contributed by atoms with E-state index in [9.17, 15) is 19.2 Å². The number of nitrogens with zero attached hydrogens (tertiary/aromatic N) is 1. The third-order valence-electron chi connectivity index (χ3n) is 2.03. The monoisotopic (exact) mass is 359 g/mol. The van der Waals surface area contributed by atoms with Crippen LogP contribution in [0.15, 0.2) is 0 Å². The summed E-state index contributed by atoms with van der Waals surface area (Å²) in [6.07, 6.45) is -0.863. The van der Waals surface area contributed by atoms with Gasteiger partial charge >= 0.3 is 142 Å². The maximum Gasteiger partial charge on any atom is 1.00 e. The predicted octanol–water partition coefficient (Wildman–Crippen LogP) is -12.8. The van der Waals surface area contributed by atoms with E-state index in [0.29, 0.717) is 4.90 Å². The number of hydrogen-bond donors (Lipinski definition) is 4. The summed E-state index contributed by atoms with van der Waals surface area (Å²) in [7, 11) is 0. The molecule has 0 unspecified atom stereocenters. The van der Waals surface area contributed by atoms with Crippen LogP contribution in [-0.4, -0.2) is 68.3 Å². The van der Waals surface area contributed by atoms with Crippen molar-refractivity contribution >= 4 is 23.9 Å². The quantitative estimate of drug-likeness (QED) is 0.294. The minimum atomic E-state index is -1.46. The van der Waals surface area contributed by atoms with Gasteiger partial charge in [-0.3, -0.25) is 24.1 Å². The summed E-state index contributed by atoms with van der Waals surface area (Å²) >= 11 is 0. The van der Waals surface area contributed by atoms with E-state index in [2.05, 4.69) is 0 Å². The summed E-state index contributed by atoms with van der Waals surface area (Å²) in [5, 5.41) is 34.4. The SMILES string of the molecule is O=C(O)CC[C@H](C(=O)O)N(CC(=O)O)CC(=O)O.[H-].[H-].[H-].[H-].[Na+].[Na+].[Na+].[Na+]. The van der Waals surface area contributed by atoms with Gasteiger partial charge in [-0.25, -0.2) is 0 Å². The molecule has 0 heterocycles. The van der Waals surface area contributed by atoms with Crippen LogP contribution in [-0.2, 0) is 19.2 Å². The number of hydrogen-bond acceptors (Lipinski definition) is 5. The zero-order chi connectivity index (χ0) is 14.3. The van der Waals surface area contributed by atoms with E-state index >= 15 is 0 Å². The van der Waals surface area contributed by atoms with Gasteiger partial charge in [-0.15, -0.1) is 0 Å². The first kappa shape index (κ1) is 35.0. The molecule has 22 heavy (non-hydrogen) atoms. The van der Waals surface area contributed by atoms with Crippen LogP contribution >= 0.6 is 0 Å². The number of rotatable bonds is 9. The van der Waals surface area contributed by atoms with E-state index in [0.717, 1.165) is 0 Å². The molecule has 0 aliphatic heterocycles. The molecular formula is C9H17NNa4O8. The summed E-state index contributed by atoms with van der Waals surface area (Å²) in [5.41, 5.74) is 0. The molecule has 0 aromatic carbocycles. The minimum Gasteiger partial charge on any atom is -1.00 e. The molecule has 0 rings (SSSR count). The molecule has 110 valence electrons. The average molecular weight is 359 g/mol. The van der Waals surface area contributed by atoms with Gasteiger partial charge < -0.3 is 26.1 Å². The summed E-state index contributed by atoms with van der Waals surface area (Å²) in [5.74, 6) is -5.48. The molecule has 0 spiro atoms. The first-order valence-corrected chi connectivity index (χ1v) is 4.86. The maximum absolute atomic E-state index is 10.9. The van der Waals surface area contributed by atoms with Gasteiger partial charge in [0.15, 0.2) is 0 Å². The third-order valence-corrected chi connectivity index (χ3v) is 2.03. The zero-order valence-corrected chi connectivity index (χ0v) is 21.3. The molecule has 0 amide bonds. The van der Waals surface area contributed by atoms with Gasteiger partial charge in [0.25, 0.3) is 0 Å². The Morgan fingerprint density at radius 2 is 1.14 bits per heavy atom. The van der Waals surface area contributed by atoms with Crippen molar-refractivity contribution in [2.45, 2.75) is 18.9 Å². The molecule has 0 bridgehead atoms. The summed E-state index contributed by atoms with van der Waals surface area (Å²) < 4.78 is 0. The Morgan fingerprint density at radius 1 is 0.773 bits per heavy atom. The molecule has 9 nitrogen and oxygen atoms in total. The smallest absolute Gasteiger partial charge is 1.00 e. The van der Waals surface area contributed by atoms with E-state index in [-0.39, 0.29) is 130 Å². The first-order valence-electron chi connectivity index (χ1n) is 4.86. The van der Waals surface area contributed by atoms with Gasteiger partial charge in [0.1, 0.15) is 6.04 Å². The number of carboxylic acids is 4. The number of carboxylic acid groups (broad SMARTS) is 4. The molecule has 0 saturated heterocycles. The Kier molecular flexibility index (Phi) is 30.5. The Hall–Kier alpha value is 1.84. The van der Waals surface area contributed by atoms with Crippen LogP contribution in [0.2, 0.25) is 0 Å². The van der Waals surface area contributed by atoms with E-state index in [1.165, 1.54) is 0 Å². The van der Waals surface area contributed by atoms with Crippen LogP contribution in [0, 0.1) is 0 Å². The normalized spacial score (nSPS) is 9.86. The van der Waals surface area contributed by atoms with Crippen molar-refractivity contribution < 1.29 is 164 Å². The molecule has 0 aromatic heterocycles. The molecule has 0 saturated carbocycles. The fourth-order valence-corrected chi connectivity index (χ4v) is 1.35. The Balaban J connectivity index is -0.0000000516. The van der Waals surface area contributed by atoms with Gasteiger partial charge in [-0.2, -0.15) is 0 Å². The maximum atomic E-state index is 10.9. The Bertz CT molecular complexity index is 368. The van der Waals surface area contributed by atoms with Crippen LogP contribution in [0.1, 0.15) is 18.5 Å². The second-order valence-electron chi connectivity index (χ2n) is 3.48. The largest absolute Gasteiger partial charge is 1.00 e. The van der Waals surface area contributed by atoms with Crippen molar-refractivity contribution in [3.8, 4) is 0 Å². The van der Waals surface area contributed by atoms with Crippen molar-refractivity contribution in [2.75, 3.05) is 13.1 Å². The van der Waals surface area contributed by atoms with Gasteiger partial charge in [0, 0.05) is 6.42 Å². The number of aliphatic carboxylic acids is 4. The van der Waals surface area contributed by atoms with Crippen molar-refractivity contribution in [3.05, 3.63) is 0 Å². The van der Waals surface area contributed by atoms with Gasteiger partial charge in [-0.05, 0) is 6.42 Å². The standard InChI is InChI=1S/C9H13NO8.4Na.4H/c11-6(12)2-1-5(9(17)18)10(3-7(13)14)4-8(15)16;;;;;;;;/h5H,1-4H2,(H,11,12)(H,13,14)(H,15,16)(H,17,18);;;;;;;;/q;4*+1;4*-1/t5-;;;;;;;;/m1......../s1. The Morgan fingerprint density at radius 3 is 1.36 bits per heavy atom. The first-order chi connectivity index (χ1) is 8.23. The van der Waals surface area contributed by atoms with Crippen molar-refractivity contribution in [3.63, 3.8) is 0 Å². The average Bonchev–Trinajstić information content (AvgIpc) is 2.14. The van der Waals surface area contributed by atoms with E-state index in [1.54, 1.807) is 0 Å². The van der Waals surface area contributed by atoms with Crippen LogP contribution in [0.4, 0.5) is 0 Å². The summed E-state index contributed by atoms with van der Waals surface area (Å²) in [6.45, 7) is -1.58. The summed E-state index contributed by atoms with van der Waals surface area (Å²) in [6, 6.07) is -1.46.